The minimum Gasteiger partial charge on any atom is -0.356 e. The molecule has 7 heteroatoms. The van der Waals surface area contributed by atoms with Gasteiger partial charge in [-0.25, -0.2) is 9.97 Å². The Morgan fingerprint density at radius 1 is 1.04 bits per heavy atom. The summed E-state index contributed by atoms with van der Waals surface area (Å²) in [6.45, 7) is 3.61. The number of nitrogens with zero attached hydrogens (tertiary/aromatic N) is 6. The summed E-state index contributed by atoms with van der Waals surface area (Å²) in [6.07, 6.45) is 2.81. The van der Waals surface area contributed by atoms with Gasteiger partial charge in [-0.2, -0.15) is 4.98 Å². The first kappa shape index (κ1) is 15.1. The van der Waals surface area contributed by atoms with Crippen LogP contribution in [-0.2, 0) is 0 Å². The Balaban J connectivity index is 1.44. The van der Waals surface area contributed by atoms with Crippen molar-refractivity contribution in [3.05, 3.63) is 60.5 Å². The Morgan fingerprint density at radius 2 is 1.92 bits per heavy atom. The van der Waals surface area contributed by atoms with Crippen molar-refractivity contribution in [3.8, 4) is 5.82 Å². The Kier molecular flexibility index (Phi) is 3.44. The molecule has 1 saturated heterocycles. The van der Waals surface area contributed by atoms with E-state index in [1.165, 1.54) is 0 Å². The maximum atomic E-state index is 5.34. The minimum atomic E-state index is 0.260. The fourth-order valence-corrected chi connectivity index (χ4v) is 3.51. The third-order valence-corrected chi connectivity index (χ3v) is 4.82. The number of aromatic nitrogens is 5. The Bertz CT molecular complexity index is 1070. The number of para-hydroxylation sites is 2. The molecular formula is C19H18N6O. The largest absolute Gasteiger partial charge is 0.356 e. The minimum absolute atomic E-state index is 0.260. The summed E-state index contributed by atoms with van der Waals surface area (Å²) in [6, 6.07) is 14.2. The van der Waals surface area contributed by atoms with Gasteiger partial charge in [-0.15, -0.1) is 0 Å². The van der Waals surface area contributed by atoms with E-state index >= 15 is 0 Å². The summed E-state index contributed by atoms with van der Waals surface area (Å²) in [4.78, 5) is 16.0. The predicted molar refractivity (Wildman–Crippen MR) is 97.5 cm³/mol. The van der Waals surface area contributed by atoms with Crippen LogP contribution in [0, 0.1) is 6.92 Å². The van der Waals surface area contributed by atoms with E-state index in [1.54, 1.807) is 0 Å². The van der Waals surface area contributed by atoms with Gasteiger partial charge in [0.25, 0.3) is 0 Å². The molecule has 1 aromatic carbocycles. The Labute approximate surface area is 150 Å². The summed E-state index contributed by atoms with van der Waals surface area (Å²) in [7, 11) is 0. The van der Waals surface area contributed by atoms with Crippen LogP contribution in [-0.4, -0.2) is 37.8 Å². The molecular weight excluding hydrogens is 328 g/mol. The van der Waals surface area contributed by atoms with Gasteiger partial charge in [-0.3, -0.25) is 4.57 Å². The molecule has 1 aliphatic rings. The number of imidazole rings is 1. The average molecular weight is 346 g/mol. The van der Waals surface area contributed by atoms with Gasteiger partial charge in [0, 0.05) is 13.1 Å². The normalized spacial score (nSPS) is 17.3. The molecule has 0 amide bonds. The summed E-state index contributed by atoms with van der Waals surface area (Å²) in [5.41, 5.74) is 2.02. The molecule has 5 rings (SSSR count). The smallest absolute Gasteiger partial charge is 0.231 e. The van der Waals surface area contributed by atoms with E-state index in [0.717, 1.165) is 48.1 Å². The molecule has 3 aromatic heterocycles. The van der Waals surface area contributed by atoms with Crippen LogP contribution in [0.2, 0.25) is 0 Å². The Morgan fingerprint density at radius 3 is 2.81 bits per heavy atom. The lowest BCUT2D eigenvalue weighted by molar-refractivity contribution is 0.356. The average Bonchev–Trinajstić information content (AvgIpc) is 3.41. The maximum Gasteiger partial charge on any atom is 0.231 e. The highest BCUT2D eigenvalue weighted by molar-refractivity contribution is 5.76. The first-order chi connectivity index (χ1) is 12.8. The molecule has 0 saturated carbocycles. The van der Waals surface area contributed by atoms with Crippen LogP contribution >= 0.6 is 0 Å². The number of aryl methyl sites for hydroxylation is 1. The third-order valence-electron chi connectivity index (χ3n) is 4.82. The fourth-order valence-electron chi connectivity index (χ4n) is 3.51. The van der Waals surface area contributed by atoms with Crippen molar-refractivity contribution in [1.29, 1.82) is 0 Å². The van der Waals surface area contributed by atoms with Gasteiger partial charge >= 0.3 is 0 Å². The molecule has 0 bridgehead atoms. The molecule has 1 unspecified atom stereocenters. The second-order valence-electron chi connectivity index (χ2n) is 6.57. The molecule has 1 atom stereocenters. The second-order valence-corrected chi connectivity index (χ2v) is 6.57. The predicted octanol–water partition coefficient (Wildman–Crippen LogP) is 3.11. The van der Waals surface area contributed by atoms with E-state index in [2.05, 4.69) is 26.1 Å². The molecule has 0 radical (unpaired) electrons. The molecule has 130 valence electrons. The topological polar surface area (TPSA) is 72.9 Å². The van der Waals surface area contributed by atoms with Crippen molar-refractivity contribution in [2.75, 3.05) is 18.0 Å². The van der Waals surface area contributed by atoms with Crippen LogP contribution in [0.5, 0.6) is 0 Å². The number of hydrogen-bond donors (Lipinski definition) is 0. The monoisotopic (exact) mass is 346 g/mol. The lowest BCUT2D eigenvalue weighted by Gasteiger charge is -2.17. The van der Waals surface area contributed by atoms with Crippen LogP contribution in [0.4, 0.5) is 5.82 Å². The number of anilines is 1. The molecule has 1 aliphatic heterocycles. The highest BCUT2D eigenvalue weighted by atomic mass is 16.5. The van der Waals surface area contributed by atoms with Gasteiger partial charge in [0.05, 0.1) is 17.0 Å². The summed E-state index contributed by atoms with van der Waals surface area (Å²) in [5, 5.41) is 3.91. The van der Waals surface area contributed by atoms with Crippen LogP contribution in [0.25, 0.3) is 16.9 Å². The van der Waals surface area contributed by atoms with Crippen molar-refractivity contribution in [2.45, 2.75) is 19.3 Å². The van der Waals surface area contributed by atoms with Crippen LogP contribution < -0.4 is 4.90 Å². The quantitative estimate of drug-likeness (QED) is 0.567. The highest BCUT2D eigenvalue weighted by Crippen LogP contribution is 2.29. The lowest BCUT2D eigenvalue weighted by atomic mass is 10.1. The zero-order valence-electron chi connectivity index (χ0n) is 14.4. The number of benzene rings is 1. The third kappa shape index (κ3) is 2.52. The lowest BCUT2D eigenvalue weighted by Crippen LogP contribution is -2.20. The molecule has 4 heterocycles. The van der Waals surface area contributed by atoms with Crippen molar-refractivity contribution >= 4 is 16.9 Å². The standard InChI is InChI=1S/C19H18N6O/c1-13-21-19(26-23-13)14-9-10-24(11-14)17-7-4-8-18(22-17)25-12-20-15-5-2-3-6-16(15)25/h2-8,12,14H,9-11H2,1H3. The van der Waals surface area contributed by atoms with Gasteiger partial charge in [0.1, 0.15) is 18.0 Å². The summed E-state index contributed by atoms with van der Waals surface area (Å²) in [5.74, 6) is 3.50. The number of pyridine rings is 1. The highest BCUT2D eigenvalue weighted by Gasteiger charge is 2.29. The van der Waals surface area contributed by atoms with Crippen molar-refractivity contribution in [3.63, 3.8) is 0 Å². The van der Waals surface area contributed by atoms with Gasteiger partial charge in [0.15, 0.2) is 5.82 Å². The molecule has 26 heavy (non-hydrogen) atoms. The molecule has 0 spiro atoms. The summed E-state index contributed by atoms with van der Waals surface area (Å²) >= 11 is 0. The van der Waals surface area contributed by atoms with Crippen LogP contribution in [0.3, 0.4) is 0 Å². The van der Waals surface area contributed by atoms with Gasteiger partial charge in [-0.1, -0.05) is 23.4 Å². The SMILES string of the molecule is Cc1noc(C2CCN(c3cccc(-n4cnc5ccccc54)n3)C2)n1. The molecule has 0 aliphatic carbocycles. The van der Waals surface area contributed by atoms with E-state index in [0.29, 0.717) is 5.82 Å². The second kappa shape index (κ2) is 5.94. The van der Waals surface area contributed by atoms with Crippen molar-refractivity contribution in [1.82, 2.24) is 24.7 Å². The van der Waals surface area contributed by atoms with Crippen molar-refractivity contribution < 1.29 is 4.52 Å². The van der Waals surface area contributed by atoms with E-state index in [9.17, 15) is 0 Å². The number of fused-ring (bicyclic) bond motifs is 1. The number of rotatable bonds is 3. The zero-order chi connectivity index (χ0) is 17.5. The van der Waals surface area contributed by atoms with Crippen LogP contribution in [0.15, 0.2) is 53.3 Å². The zero-order valence-corrected chi connectivity index (χ0v) is 14.4. The van der Waals surface area contributed by atoms with E-state index in [4.69, 9.17) is 9.51 Å². The van der Waals surface area contributed by atoms with E-state index < -0.39 is 0 Å². The first-order valence-corrected chi connectivity index (χ1v) is 8.72. The van der Waals surface area contributed by atoms with Crippen LogP contribution in [0.1, 0.15) is 24.1 Å². The van der Waals surface area contributed by atoms with Gasteiger partial charge in [-0.05, 0) is 37.6 Å². The fraction of sp³-hybridized carbons (Fsp3) is 0.263. The van der Waals surface area contributed by atoms with E-state index in [-0.39, 0.29) is 5.92 Å². The van der Waals surface area contributed by atoms with E-state index in [1.807, 2.05) is 54.2 Å². The van der Waals surface area contributed by atoms with Crippen molar-refractivity contribution in [2.24, 2.45) is 0 Å². The maximum absolute atomic E-state index is 5.34. The van der Waals surface area contributed by atoms with Gasteiger partial charge in [0.2, 0.25) is 5.89 Å². The number of hydrogen-bond acceptors (Lipinski definition) is 6. The van der Waals surface area contributed by atoms with Gasteiger partial charge < -0.3 is 9.42 Å². The molecule has 4 aromatic rings. The molecule has 0 N–H and O–H groups in total. The summed E-state index contributed by atoms with van der Waals surface area (Å²) < 4.78 is 7.36. The molecule has 1 fully saturated rings. The Hall–Kier alpha value is -3.22. The first-order valence-electron chi connectivity index (χ1n) is 8.72. The molecule has 7 nitrogen and oxygen atoms in total.